The van der Waals surface area contributed by atoms with Crippen LogP contribution in [0.4, 0.5) is 0 Å². The van der Waals surface area contributed by atoms with Crippen molar-refractivity contribution in [3.63, 3.8) is 0 Å². The highest BCUT2D eigenvalue weighted by atomic mass is 127. The Hall–Kier alpha value is -1.41. The first-order chi connectivity index (χ1) is 9.61. The lowest BCUT2D eigenvalue weighted by molar-refractivity contribution is 0.515. The third-order valence-corrected chi connectivity index (χ3v) is 3.76. The number of aryl methyl sites for hydroxylation is 1. The first kappa shape index (κ1) is 13.6. The predicted octanol–water partition coefficient (Wildman–Crippen LogP) is 3.32. The SMILES string of the molecule is Cn1cc(I)c(-c2nnc(Cc3ccc(Cl)cc3)o2)n1. The summed E-state index contributed by atoms with van der Waals surface area (Å²) in [5, 5.41) is 13.1. The van der Waals surface area contributed by atoms with E-state index in [0.717, 1.165) is 9.13 Å². The maximum Gasteiger partial charge on any atom is 0.269 e. The summed E-state index contributed by atoms with van der Waals surface area (Å²) in [5.74, 6) is 1.00. The van der Waals surface area contributed by atoms with Crippen LogP contribution in [0.15, 0.2) is 34.9 Å². The van der Waals surface area contributed by atoms with Gasteiger partial charge in [0, 0.05) is 18.3 Å². The molecule has 0 spiro atoms. The Morgan fingerprint density at radius 3 is 2.65 bits per heavy atom. The fourth-order valence-electron chi connectivity index (χ4n) is 1.80. The molecule has 102 valence electrons. The molecule has 0 unspecified atom stereocenters. The van der Waals surface area contributed by atoms with Crippen LogP contribution in [-0.4, -0.2) is 20.0 Å². The molecule has 0 aliphatic rings. The molecule has 20 heavy (non-hydrogen) atoms. The number of rotatable bonds is 3. The summed E-state index contributed by atoms with van der Waals surface area (Å²) in [7, 11) is 1.86. The third-order valence-electron chi connectivity index (χ3n) is 2.72. The lowest BCUT2D eigenvalue weighted by Crippen LogP contribution is -1.87. The molecule has 0 N–H and O–H groups in total. The number of halogens is 2. The molecular formula is C13H10ClIN4O. The van der Waals surface area contributed by atoms with Crippen molar-refractivity contribution in [3.8, 4) is 11.6 Å². The summed E-state index contributed by atoms with van der Waals surface area (Å²) in [6.45, 7) is 0. The molecular weight excluding hydrogens is 391 g/mol. The van der Waals surface area contributed by atoms with Crippen LogP contribution >= 0.6 is 34.2 Å². The number of hydrogen-bond donors (Lipinski definition) is 0. The summed E-state index contributed by atoms with van der Waals surface area (Å²) in [6, 6.07) is 7.57. The highest BCUT2D eigenvalue weighted by molar-refractivity contribution is 14.1. The Morgan fingerprint density at radius 1 is 1.25 bits per heavy atom. The van der Waals surface area contributed by atoms with Gasteiger partial charge in [0.15, 0.2) is 5.69 Å². The normalized spacial score (nSPS) is 10.9. The lowest BCUT2D eigenvalue weighted by Gasteiger charge is -1.96. The van der Waals surface area contributed by atoms with Crippen LogP contribution < -0.4 is 0 Å². The molecule has 0 amide bonds. The lowest BCUT2D eigenvalue weighted by atomic mass is 10.1. The van der Waals surface area contributed by atoms with Crippen LogP contribution in [0.25, 0.3) is 11.6 Å². The Balaban J connectivity index is 1.83. The molecule has 7 heteroatoms. The summed E-state index contributed by atoms with van der Waals surface area (Å²) in [6.07, 6.45) is 2.48. The third kappa shape index (κ3) is 2.85. The fraction of sp³-hybridized carbons (Fsp3) is 0.154. The van der Waals surface area contributed by atoms with E-state index in [1.54, 1.807) is 4.68 Å². The highest BCUT2D eigenvalue weighted by Crippen LogP contribution is 2.22. The largest absolute Gasteiger partial charge is 0.419 e. The fourth-order valence-corrected chi connectivity index (χ4v) is 2.67. The van der Waals surface area contributed by atoms with Gasteiger partial charge in [-0.15, -0.1) is 10.2 Å². The van der Waals surface area contributed by atoms with Crippen LogP contribution in [-0.2, 0) is 13.5 Å². The molecule has 3 rings (SSSR count). The minimum atomic E-state index is 0.443. The molecule has 1 aromatic carbocycles. The van der Waals surface area contributed by atoms with Crippen molar-refractivity contribution in [1.29, 1.82) is 0 Å². The van der Waals surface area contributed by atoms with Gasteiger partial charge in [-0.2, -0.15) is 5.10 Å². The van der Waals surface area contributed by atoms with Crippen molar-refractivity contribution in [3.05, 3.63) is 50.5 Å². The van der Waals surface area contributed by atoms with E-state index in [4.69, 9.17) is 16.0 Å². The first-order valence-electron chi connectivity index (χ1n) is 5.88. The molecule has 0 radical (unpaired) electrons. The van der Waals surface area contributed by atoms with Crippen molar-refractivity contribution >= 4 is 34.2 Å². The molecule has 0 saturated carbocycles. The van der Waals surface area contributed by atoms with Gasteiger partial charge in [-0.05, 0) is 40.3 Å². The van der Waals surface area contributed by atoms with Crippen LogP contribution in [0.5, 0.6) is 0 Å². The summed E-state index contributed by atoms with van der Waals surface area (Å²) in [5.41, 5.74) is 1.78. The van der Waals surface area contributed by atoms with Crippen LogP contribution in [0.1, 0.15) is 11.5 Å². The van der Waals surface area contributed by atoms with E-state index in [2.05, 4.69) is 37.9 Å². The molecule has 5 nitrogen and oxygen atoms in total. The van der Waals surface area contributed by atoms with Gasteiger partial charge in [0.1, 0.15) is 0 Å². The molecule has 0 aliphatic heterocycles. The standard InChI is InChI=1S/C13H10ClIN4O/c1-19-7-10(15)12(18-19)13-17-16-11(20-13)6-8-2-4-9(14)5-3-8/h2-5,7H,6H2,1H3. The zero-order valence-electron chi connectivity index (χ0n) is 10.5. The Morgan fingerprint density at radius 2 is 2.00 bits per heavy atom. The van der Waals surface area contributed by atoms with Gasteiger partial charge in [0.25, 0.3) is 5.89 Å². The molecule has 0 aliphatic carbocycles. The molecule has 0 fully saturated rings. The van der Waals surface area contributed by atoms with Gasteiger partial charge >= 0.3 is 0 Å². The van der Waals surface area contributed by atoms with Crippen molar-refractivity contribution in [1.82, 2.24) is 20.0 Å². The highest BCUT2D eigenvalue weighted by Gasteiger charge is 2.15. The van der Waals surface area contributed by atoms with Gasteiger partial charge in [0.2, 0.25) is 5.89 Å². The second kappa shape index (κ2) is 5.53. The van der Waals surface area contributed by atoms with Crippen LogP contribution in [0.2, 0.25) is 5.02 Å². The van der Waals surface area contributed by atoms with Crippen LogP contribution in [0.3, 0.4) is 0 Å². The number of benzene rings is 1. The van der Waals surface area contributed by atoms with E-state index in [1.807, 2.05) is 37.5 Å². The summed E-state index contributed by atoms with van der Waals surface area (Å²) < 4.78 is 8.36. The van der Waals surface area contributed by atoms with Gasteiger partial charge in [-0.1, -0.05) is 23.7 Å². The van der Waals surface area contributed by atoms with Crippen molar-refractivity contribution in [2.45, 2.75) is 6.42 Å². The monoisotopic (exact) mass is 400 g/mol. The van der Waals surface area contributed by atoms with E-state index in [-0.39, 0.29) is 0 Å². The summed E-state index contributed by atoms with van der Waals surface area (Å²) in [4.78, 5) is 0. The second-order valence-electron chi connectivity index (χ2n) is 4.30. The minimum Gasteiger partial charge on any atom is -0.419 e. The average Bonchev–Trinajstić information content (AvgIpc) is 2.99. The Kier molecular flexibility index (Phi) is 3.75. The van der Waals surface area contributed by atoms with Gasteiger partial charge in [-0.25, -0.2) is 0 Å². The smallest absolute Gasteiger partial charge is 0.269 e. The molecule has 2 aromatic heterocycles. The van der Waals surface area contributed by atoms with Gasteiger partial charge in [0.05, 0.1) is 9.99 Å². The molecule has 0 atom stereocenters. The maximum atomic E-state index is 5.86. The molecule has 3 aromatic rings. The van der Waals surface area contributed by atoms with Crippen molar-refractivity contribution in [2.75, 3.05) is 0 Å². The molecule has 0 saturated heterocycles. The first-order valence-corrected chi connectivity index (χ1v) is 7.34. The number of nitrogens with zero attached hydrogens (tertiary/aromatic N) is 4. The van der Waals surface area contributed by atoms with Crippen molar-refractivity contribution in [2.24, 2.45) is 7.05 Å². The maximum absolute atomic E-state index is 5.86. The average molecular weight is 401 g/mol. The van der Waals surface area contributed by atoms with E-state index >= 15 is 0 Å². The molecule has 2 heterocycles. The van der Waals surface area contributed by atoms with Crippen molar-refractivity contribution < 1.29 is 4.42 Å². The summed E-state index contributed by atoms with van der Waals surface area (Å²) >= 11 is 8.05. The van der Waals surface area contributed by atoms with E-state index < -0.39 is 0 Å². The van der Waals surface area contributed by atoms with E-state index in [1.165, 1.54) is 0 Å². The van der Waals surface area contributed by atoms with Crippen LogP contribution in [0, 0.1) is 3.57 Å². The number of aromatic nitrogens is 4. The number of hydrogen-bond acceptors (Lipinski definition) is 4. The topological polar surface area (TPSA) is 56.7 Å². The van der Waals surface area contributed by atoms with Gasteiger partial charge < -0.3 is 4.42 Å². The van der Waals surface area contributed by atoms with Gasteiger partial charge in [-0.3, -0.25) is 4.68 Å². The Labute approximate surface area is 134 Å². The van der Waals surface area contributed by atoms with E-state index in [0.29, 0.717) is 28.9 Å². The minimum absolute atomic E-state index is 0.443. The zero-order valence-corrected chi connectivity index (χ0v) is 13.5. The predicted molar refractivity (Wildman–Crippen MR) is 83.5 cm³/mol. The quantitative estimate of drug-likeness (QED) is 0.633. The molecule has 0 bridgehead atoms. The zero-order chi connectivity index (χ0) is 14.1. The Bertz CT molecular complexity index is 735. The second-order valence-corrected chi connectivity index (χ2v) is 5.90. The van der Waals surface area contributed by atoms with E-state index in [9.17, 15) is 0 Å².